The number of fused-ring (bicyclic) bond motifs is 1. The maximum atomic E-state index is 11.7. The molecule has 0 aliphatic carbocycles. The number of benzene rings is 1. The topological polar surface area (TPSA) is 78.1 Å². The van der Waals surface area contributed by atoms with E-state index in [-0.39, 0.29) is 11.5 Å². The average Bonchev–Trinajstić information content (AvgIpc) is 2.74. The number of anilines is 1. The van der Waals surface area contributed by atoms with E-state index >= 15 is 0 Å². The SMILES string of the molecule is O=C1[N]C(=O)c2c(ncn2-c2ccc(Cl)cc2)N1. The Kier molecular flexibility index (Phi) is 2.31. The van der Waals surface area contributed by atoms with Gasteiger partial charge in [-0.15, -0.1) is 0 Å². The summed E-state index contributed by atoms with van der Waals surface area (Å²) in [5.41, 5.74) is 0.949. The van der Waals surface area contributed by atoms with Crippen LogP contribution in [0, 0.1) is 0 Å². The summed E-state index contributed by atoms with van der Waals surface area (Å²) in [4.78, 5) is 26.7. The van der Waals surface area contributed by atoms with Crippen LogP contribution in [-0.2, 0) is 0 Å². The van der Waals surface area contributed by atoms with Gasteiger partial charge < -0.3 is 0 Å². The van der Waals surface area contributed by atoms with E-state index in [2.05, 4.69) is 15.6 Å². The molecule has 7 heteroatoms. The van der Waals surface area contributed by atoms with Gasteiger partial charge >= 0.3 is 11.9 Å². The van der Waals surface area contributed by atoms with Crippen LogP contribution in [0.5, 0.6) is 0 Å². The first kappa shape index (κ1) is 10.8. The Bertz CT molecular complexity index is 648. The predicted octanol–water partition coefficient (Wildman–Crippen LogP) is 1.82. The number of hydrogen-bond acceptors (Lipinski definition) is 3. The Balaban J connectivity index is 2.12. The van der Waals surface area contributed by atoms with E-state index in [1.54, 1.807) is 28.8 Å². The monoisotopic (exact) mass is 261 g/mol. The molecular weight excluding hydrogens is 256 g/mol. The second kappa shape index (κ2) is 3.85. The first-order chi connectivity index (χ1) is 8.65. The minimum Gasteiger partial charge on any atom is -0.293 e. The molecule has 18 heavy (non-hydrogen) atoms. The Labute approximate surface area is 107 Å². The summed E-state index contributed by atoms with van der Waals surface area (Å²) < 4.78 is 1.55. The van der Waals surface area contributed by atoms with Gasteiger partial charge in [0.05, 0.1) is 0 Å². The zero-order valence-electron chi connectivity index (χ0n) is 8.92. The van der Waals surface area contributed by atoms with Gasteiger partial charge in [-0.25, -0.2) is 9.78 Å². The molecule has 1 aromatic carbocycles. The first-order valence-corrected chi connectivity index (χ1v) is 5.43. The molecule has 1 N–H and O–H groups in total. The highest BCUT2D eigenvalue weighted by atomic mass is 35.5. The second-order valence-corrected chi connectivity index (χ2v) is 4.07. The van der Waals surface area contributed by atoms with Gasteiger partial charge in [-0.05, 0) is 24.3 Å². The molecule has 1 radical (unpaired) electrons. The fourth-order valence-corrected chi connectivity index (χ4v) is 1.84. The Morgan fingerprint density at radius 3 is 2.61 bits per heavy atom. The van der Waals surface area contributed by atoms with Crippen LogP contribution in [0.1, 0.15) is 10.5 Å². The largest absolute Gasteiger partial charge is 0.350 e. The van der Waals surface area contributed by atoms with Crippen molar-refractivity contribution in [2.45, 2.75) is 0 Å². The van der Waals surface area contributed by atoms with Crippen molar-refractivity contribution >= 4 is 29.4 Å². The third-order valence-corrected chi connectivity index (χ3v) is 2.76. The molecule has 6 nitrogen and oxygen atoms in total. The third kappa shape index (κ3) is 1.63. The summed E-state index contributed by atoms with van der Waals surface area (Å²) in [7, 11) is 0. The lowest BCUT2D eigenvalue weighted by Crippen LogP contribution is -2.34. The number of aromatic nitrogens is 2. The van der Waals surface area contributed by atoms with Crippen LogP contribution in [0.15, 0.2) is 30.6 Å². The highest BCUT2D eigenvalue weighted by molar-refractivity contribution is 6.30. The van der Waals surface area contributed by atoms with Crippen molar-refractivity contribution in [3.8, 4) is 5.69 Å². The van der Waals surface area contributed by atoms with Crippen LogP contribution in [0.2, 0.25) is 5.02 Å². The van der Waals surface area contributed by atoms with Crippen LogP contribution in [0.25, 0.3) is 5.69 Å². The summed E-state index contributed by atoms with van der Waals surface area (Å²) >= 11 is 5.80. The molecular formula is C11H6ClN4O2. The summed E-state index contributed by atoms with van der Waals surface area (Å²) in [6, 6.07) is 6.19. The smallest absolute Gasteiger partial charge is 0.293 e. The van der Waals surface area contributed by atoms with Gasteiger partial charge in [-0.3, -0.25) is 14.7 Å². The Hall–Kier alpha value is -2.34. The van der Waals surface area contributed by atoms with Crippen LogP contribution in [-0.4, -0.2) is 21.5 Å². The molecule has 0 bridgehead atoms. The van der Waals surface area contributed by atoms with Crippen molar-refractivity contribution < 1.29 is 9.59 Å². The van der Waals surface area contributed by atoms with Crippen molar-refractivity contribution in [2.24, 2.45) is 0 Å². The molecule has 1 aliphatic rings. The van der Waals surface area contributed by atoms with Gasteiger partial charge in [-0.2, -0.15) is 5.32 Å². The Morgan fingerprint density at radius 2 is 1.89 bits per heavy atom. The number of imidazole rings is 1. The van der Waals surface area contributed by atoms with Gasteiger partial charge in [0.15, 0.2) is 11.5 Å². The third-order valence-electron chi connectivity index (χ3n) is 2.50. The summed E-state index contributed by atoms with van der Waals surface area (Å²) in [5, 5.41) is 6.33. The van der Waals surface area contributed by atoms with Crippen molar-refractivity contribution in [1.82, 2.24) is 14.9 Å². The minimum absolute atomic E-state index is 0.218. The van der Waals surface area contributed by atoms with Gasteiger partial charge in [0, 0.05) is 10.7 Å². The minimum atomic E-state index is -0.700. The highest BCUT2D eigenvalue weighted by Crippen LogP contribution is 2.22. The van der Waals surface area contributed by atoms with Gasteiger partial charge in [-0.1, -0.05) is 11.6 Å². The lowest BCUT2D eigenvalue weighted by atomic mass is 10.3. The number of rotatable bonds is 1. The Morgan fingerprint density at radius 1 is 1.17 bits per heavy atom. The van der Waals surface area contributed by atoms with Gasteiger partial charge in [0.25, 0.3) is 0 Å². The van der Waals surface area contributed by atoms with Crippen LogP contribution >= 0.6 is 11.6 Å². The normalized spacial score (nSPS) is 13.8. The molecule has 3 amide bonds. The molecule has 2 heterocycles. The number of amides is 3. The van der Waals surface area contributed by atoms with Crippen LogP contribution in [0.3, 0.4) is 0 Å². The lowest BCUT2D eigenvalue weighted by Gasteiger charge is -2.12. The fourth-order valence-electron chi connectivity index (χ4n) is 1.72. The number of carbonyl (C=O) groups excluding carboxylic acids is 2. The maximum absolute atomic E-state index is 11.7. The number of nitrogens with zero attached hydrogens (tertiary/aromatic N) is 3. The number of halogens is 1. The summed E-state index contributed by atoms with van der Waals surface area (Å²) in [6.45, 7) is 0. The molecule has 0 atom stereocenters. The molecule has 3 rings (SSSR count). The van der Waals surface area contributed by atoms with E-state index in [9.17, 15) is 9.59 Å². The van der Waals surface area contributed by atoms with E-state index in [0.717, 1.165) is 0 Å². The summed E-state index contributed by atoms with van der Waals surface area (Å²) in [6.07, 6.45) is 1.45. The molecule has 0 unspecified atom stereocenters. The van der Waals surface area contributed by atoms with E-state index < -0.39 is 11.9 Å². The highest BCUT2D eigenvalue weighted by Gasteiger charge is 2.29. The van der Waals surface area contributed by atoms with Crippen molar-refractivity contribution in [2.75, 3.05) is 5.32 Å². The van der Waals surface area contributed by atoms with Crippen molar-refractivity contribution in [3.05, 3.63) is 41.3 Å². The van der Waals surface area contributed by atoms with Gasteiger partial charge in [0.2, 0.25) is 0 Å². The number of nitrogens with one attached hydrogen (secondary N) is 1. The molecule has 2 aromatic rings. The molecule has 0 fully saturated rings. The number of hydrogen-bond donors (Lipinski definition) is 1. The van der Waals surface area contributed by atoms with E-state index in [0.29, 0.717) is 10.7 Å². The van der Waals surface area contributed by atoms with Crippen molar-refractivity contribution in [3.63, 3.8) is 0 Å². The van der Waals surface area contributed by atoms with Crippen LogP contribution in [0.4, 0.5) is 10.6 Å². The van der Waals surface area contributed by atoms with E-state index in [1.165, 1.54) is 6.33 Å². The van der Waals surface area contributed by atoms with Crippen LogP contribution < -0.4 is 10.6 Å². The zero-order valence-corrected chi connectivity index (χ0v) is 9.68. The molecule has 0 spiro atoms. The fraction of sp³-hybridized carbons (Fsp3) is 0. The molecule has 0 saturated carbocycles. The first-order valence-electron chi connectivity index (χ1n) is 5.05. The predicted molar refractivity (Wildman–Crippen MR) is 64.1 cm³/mol. The quantitative estimate of drug-likeness (QED) is 0.850. The standard InChI is InChI=1S/C11H6ClN4O2/c12-6-1-3-7(4-2-6)16-5-13-9-8(16)10(17)15-11(18)14-9/h1-5H,(H,14,18). The number of carbonyl (C=O) groups is 2. The average molecular weight is 262 g/mol. The maximum Gasteiger partial charge on any atom is 0.350 e. The number of imide groups is 1. The lowest BCUT2D eigenvalue weighted by molar-refractivity contribution is 0.0954. The zero-order chi connectivity index (χ0) is 12.7. The summed E-state index contributed by atoms with van der Waals surface area (Å²) in [5.74, 6) is -0.392. The molecule has 1 aliphatic heterocycles. The van der Waals surface area contributed by atoms with Gasteiger partial charge in [0.1, 0.15) is 6.33 Å². The van der Waals surface area contributed by atoms with Crippen molar-refractivity contribution in [1.29, 1.82) is 0 Å². The second-order valence-electron chi connectivity index (χ2n) is 3.64. The molecule has 89 valence electrons. The van der Waals surface area contributed by atoms with E-state index in [1.807, 2.05) is 0 Å². The van der Waals surface area contributed by atoms with E-state index in [4.69, 9.17) is 11.6 Å². The molecule has 0 saturated heterocycles. The number of urea groups is 1. The molecule has 1 aromatic heterocycles.